The molecule has 0 bridgehead atoms. The van der Waals surface area contributed by atoms with Gasteiger partial charge in [0, 0.05) is 24.0 Å². The lowest BCUT2D eigenvalue weighted by molar-refractivity contribution is -0.132. The van der Waals surface area contributed by atoms with Crippen molar-refractivity contribution in [1.29, 1.82) is 0 Å². The van der Waals surface area contributed by atoms with Crippen LogP contribution in [0.15, 0.2) is 150 Å². The fourth-order valence-corrected chi connectivity index (χ4v) is 8.51. The van der Waals surface area contributed by atoms with Crippen LogP contribution in [0.1, 0.15) is 188 Å². The van der Waals surface area contributed by atoms with Crippen LogP contribution in [0, 0.1) is 17.3 Å². The summed E-state index contributed by atoms with van der Waals surface area (Å²) in [5, 5.41) is 54.6. The Morgan fingerprint density at radius 2 is 1.09 bits per heavy atom. The first kappa shape index (κ1) is 59.9. The molecular formula is C61H88O8. The molecule has 0 radical (unpaired) electrons. The monoisotopic (exact) mass is 949 g/mol. The lowest BCUT2D eigenvalue weighted by Gasteiger charge is -2.36. The van der Waals surface area contributed by atoms with E-state index in [0.29, 0.717) is 12.0 Å². The van der Waals surface area contributed by atoms with Gasteiger partial charge in [0.15, 0.2) is 17.2 Å². The van der Waals surface area contributed by atoms with E-state index in [9.17, 15) is 39.9 Å². The van der Waals surface area contributed by atoms with Crippen LogP contribution in [-0.4, -0.2) is 48.5 Å². The zero-order chi connectivity index (χ0) is 52.7. The van der Waals surface area contributed by atoms with Crippen molar-refractivity contribution in [2.24, 2.45) is 17.3 Å². The van der Waals surface area contributed by atoms with Gasteiger partial charge < -0.3 is 25.5 Å². The second-order valence-corrected chi connectivity index (χ2v) is 21.6. The molecule has 1 saturated carbocycles. The van der Waals surface area contributed by atoms with Gasteiger partial charge in [-0.2, -0.15) is 0 Å². The predicted octanol–water partition coefficient (Wildman–Crippen LogP) is 16.3. The highest BCUT2D eigenvalue weighted by molar-refractivity contribution is 6.24. The number of rotatable bonds is 16. The molecule has 1 atom stereocenters. The normalized spacial score (nSPS) is 19.1. The molecule has 0 amide bonds. The Balaban J connectivity index is 0.000000379. The molecule has 0 aromatic rings. The second-order valence-electron chi connectivity index (χ2n) is 21.6. The third kappa shape index (κ3) is 16.4. The minimum Gasteiger partial charge on any atom is -0.511 e. The van der Waals surface area contributed by atoms with Gasteiger partial charge in [0.05, 0.1) is 11.0 Å². The Morgan fingerprint density at radius 3 is 1.54 bits per heavy atom. The molecule has 1 unspecified atom stereocenters. The molecule has 0 saturated heterocycles. The summed E-state index contributed by atoms with van der Waals surface area (Å²) in [5.41, 5.74) is 8.87. The number of fused-ring (bicyclic) bond motifs is 1. The Kier molecular flexibility index (Phi) is 23.2. The van der Waals surface area contributed by atoms with E-state index in [-0.39, 0.29) is 95.7 Å². The summed E-state index contributed by atoms with van der Waals surface area (Å²) in [6.45, 7) is 35.4. The number of aliphatic hydroxyl groups excluding tert-OH is 4. The summed E-state index contributed by atoms with van der Waals surface area (Å²) in [5.74, 6) is -2.51. The molecule has 1 fully saturated rings. The number of allylic oxidation sites excluding steroid dienone is 20. The fourth-order valence-electron chi connectivity index (χ4n) is 8.51. The van der Waals surface area contributed by atoms with E-state index in [0.717, 1.165) is 27.9 Å². The summed E-state index contributed by atoms with van der Waals surface area (Å²) < 4.78 is 0. The molecule has 0 heterocycles. The van der Waals surface area contributed by atoms with Gasteiger partial charge in [-0.15, -0.1) is 0 Å². The smallest absolute Gasteiger partial charge is 0.206 e. The molecule has 8 nitrogen and oxygen atoms in total. The summed E-state index contributed by atoms with van der Waals surface area (Å²) >= 11 is 0. The van der Waals surface area contributed by atoms with Gasteiger partial charge in [0.25, 0.3) is 0 Å². The van der Waals surface area contributed by atoms with E-state index in [1.54, 1.807) is 22.8 Å². The molecule has 0 aliphatic heterocycles. The fraction of sp³-hybridized carbons (Fsp3) is 0.525. The number of ketones is 3. The highest BCUT2D eigenvalue weighted by Gasteiger charge is 2.50. The summed E-state index contributed by atoms with van der Waals surface area (Å²) in [7, 11) is 0. The Labute approximate surface area is 416 Å². The number of hydrogen-bond acceptors (Lipinski definition) is 8. The van der Waals surface area contributed by atoms with Gasteiger partial charge in [0.2, 0.25) is 5.78 Å². The molecule has 380 valence electrons. The molecule has 4 aliphatic carbocycles. The van der Waals surface area contributed by atoms with Crippen molar-refractivity contribution in [3.05, 3.63) is 150 Å². The maximum atomic E-state index is 13.7. The van der Waals surface area contributed by atoms with Crippen LogP contribution in [0.4, 0.5) is 0 Å². The van der Waals surface area contributed by atoms with Crippen LogP contribution < -0.4 is 0 Å². The van der Waals surface area contributed by atoms with Crippen molar-refractivity contribution in [3.8, 4) is 0 Å². The van der Waals surface area contributed by atoms with E-state index in [1.807, 2.05) is 121 Å². The zero-order valence-corrected chi connectivity index (χ0v) is 45.3. The minimum atomic E-state index is -2.08. The van der Waals surface area contributed by atoms with Gasteiger partial charge in [-0.1, -0.05) is 116 Å². The summed E-state index contributed by atoms with van der Waals surface area (Å²) in [6.07, 6.45) is 22.1. The molecule has 4 aliphatic rings. The van der Waals surface area contributed by atoms with Gasteiger partial charge in [-0.05, 0) is 176 Å². The van der Waals surface area contributed by atoms with Crippen molar-refractivity contribution >= 4 is 17.3 Å². The quantitative estimate of drug-likeness (QED) is 0.0757. The van der Waals surface area contributed by atoms with E-state index >= 15 is 0 Å². The number of hydrogen-bond donors (Lipinski definition) is 5. The number of carbonyl (C=O) groups is 3. The van der Waals surface area contributed by atoms with Crippen LogP contribution in [0.2, 0.25) is 0 Å². The molecule has 69 heavy (non-hydrogen) atoms. The SMILES string of the molecule is C=C(CC(C)C)C1=C(O)C(CC=C(C)C)=C(O)C(O)(CC=C(C)C)C1=O.CC(C)=CCC1=C(O)C(CC=C(C)C)(CC=C(C)C)C(=O)C(C(=O)CC(C)C)=C1O.CC1=CCCC(C)=C2CCC2=CC1. The first-order valence-corrected chi connectivity index (χ1v) is 25.0. The Morgan fingerprint density at radius 1 is 0.623 bits per heavy atom. The second kappa shape index (κ2) is 26.7. The average molecular weight is 949 g/mol. The van der Waals surface area contributed by atoms with Gasteiger partial charge in [0.1, 0.15) is 28.6 Å². The highest BCUT2D eigenvalue weighted by Crippen LogP contribution is 2.47. The summed E-state index contributed by atoms with van der Waals surface area (Å²) in [4.78, 5) is 39.7. The molecule has 0 aromatic heterocycles. The zero-order valence-electron chi connectivity index (χ0n) is 45.3. The standard InChI is InChI=1S/C26H38O4.C22H32O4.C13H18/c1-16(2)9-10-20-23(28)22(21(27)15-19(7)8)25(30)26(24(20)29,13-11-17(3)4)14-12-18(5)6;1-13(2)8-9-17-19(23)18(16(7)12-15(5)6)21(25)22(26,20(17)24)11-10-14(3)4;1-10-4-3-5-11(2)13-9-8-12(13)7-6-10/h9,11-12,19,28-29H,10,13-15H2,1-8H3;8,10,15,23-24,26H,7,9,11-12H2,1-6H3;4,7H,3,5-6,8-9H2,1-2H3. The predicted molar refractivity (Wildman–Crippen MR) is 287 cm³/mol. The van der Waals surface area contributed by atoms with Crippen molar-refractivity contribution < 1.29 is 39.9 Å². The van der Waals surface area contributed by atoms with Crippen LogP contribution in [0.3, 0.4) is 0 Å². The number of carbonyl (C=O) groups excluding carboxylic acids is 3. The Hall–Kier alpha value is -5.21. The third-order valence-electron chi connectivity index (χ3n) is 12.8. The first-order chi connectivity index (χ1) is 32.0. The molecule has 8 heteroatoms. The van der Waals surface area contributed by atoms with E-state index in [4.69, 9.17) is 0 Å². The van der Waals surface area contributed by atoms with Crippen molar-refractivity contribution in [2.75, 3.05) is 0 Å². The van der Waals surface area contributed by atoms with Gasteiger partial charge >= 0.3 is 0 Å². The average Bonchev–Trinajstić information content (AvgIpc) is 3.25. The van der Waals surface area contributed by atoms with Crippen molar-refractivity contribution in [2.45, 2.75) is 193 Å². The summed E-state index contributed by atoms with van der Waals surface area (Å²) in [6, 6.07) is 0. The largest absolute Gasteiger partial charge is 0.511 e. The van der Waals surface area contributed by atoms with Crippen molar-refractivity contribution in [1.82, 2.24) is 0 Å². The van der Waals surface area contributed by atoms with Gasteiger partial charge in [-0.3, -0.25) is 14.4 Å². The lowest BCUT2D eigenvalue weighted by Crippen LogP contribution is -2.45. The van der Waals surface area contributed by atoms with Gasteiger partial charge in [-0.25, -0.2) is 0 Å². The minimum absolute atomic E-state index is 0.0262. The van der Waals surface area contributed by atoms with Crippen LogP contribution in [-0.2, 0) is 14.4 Å². The van der Waals surface area contributed by atoms with Crippen LogP contribution in [0.5, 0.6) is 0 Å². The van der Waals surface area contributed by atoms with Crippen molar-refractivity contribution in [3.63, 3.8) is 0 Å². The molecule has 4 rings (SSSR count). The molecule has 0 spiro atoms. The third-order valence-corrected chi connectivity index (χ3v) is 12.8. The Bertz CT molecular complexity index is 2320. The van der Waals surface area contributed by atoms with E-state index < -0.39 is 28.3 Å². The van der Waals surface area contributed by atoms with Crippen LogP contribution >= 0.6 is 0 Å². The maximum absolute atomic E-state index is 13.7. The number of aliphatic hydroxyl groups is 5. The molecular weight excluding hydrogens is 861 g/mol. The molecule has 5 N–H and O–H groups in total. The maximum Gasteiger partial charge on any atom is 0.206 e. The highest BCUT2D eigenvalue weighted by atomic mass is 16.3. The lowest BCUT2D eigenvalue weighted by atomic mass is 9.66. The van der Waals surface area contributed by atoms with E-state index in [2.05, 4.69) is 32.6 Å². The number of Topliss-reactive ketones (excluding diaryl/α,β-unsaturated/α-hetero) is 3. The van der Waals surface area contributed by atoms with E-state index in [1.165, 1.54) is 37.7 Å². The topological polar surface area (TPSA) is 152 Å². The molecule has 0 aromatic carbocycles. The first-order valence-electron chi connectivity index (χ1n) is 25.0. The van der Waals surface area contributed by atoms with Crippen LogP contribution in [0.25, 0.3) is 0 Å².